The zero-order chi connectivity index (χ0) is 19.0. The monoisotopic (exact) mass is 391 g/mol. The van der Waals surface area contributed by atoms with E-state index in [-0.39, 0.29) is 11.4 Å². The molecule has 0 aliphatic rings. The number of amides is 1. The Balaban J connectivity index is 2.25. The van der Waals surface area contributed by atoms with E-state index in [2.05, 4.69) is 4.98 Å². The second kappa shape index (κ2) is 7.20. The van der Waals surface area contributed by atoms with Crippen molar-refractivity contribution in [2.45, 2.75) is 37.7 Å². The molecule has 0 saturated heterocycles. The summed E-state index contributed by atoms with van der Waals surface area (Å²) in [5, 5.41) is 0.509. The lowest BCUT2D eigenvalue weighted by molar-refractivity contribution is -0.117. The quantitative estimate of drug-likeness (QED) is 0.533. The van der Waals surface area contributed by atoms with Crippen molar-refractivity contribution < 1.29 is 9.18 Å². The van der Waals surface area contributed by atoms with Crippen molar-refractivity contribution in [1.29, 1.82) is 0 Å². The van der Waals surface area contributed by atoms with Crippen LogP contribution in [0, 0.1) is 12.7 Å². The first-order valence-corrected chi connectivity index (χ1v) is 9.79. The average Bonchev–Trinajstić information content (AvgIpc) is 2.92. The molecule has 1 aromatic carbocycles. The maximum atomic E-state index is 13.3. The summed E-state index contributed by atoms with van der Waals surface area (Å²) in [6.07, 6.45) is 0. The minimum atomic E-state index is -0.491. The Hall–Kier alpha value is -2.19. The first-order valence-electron chi connectivity index (χ1n) is 8.09. The number of nitrogens with two attached hydrogens (primary N) is 1. The predicted octanol–water partition coefficient (Wildman–Crippen LogP) is 3.56. The fraction of sp³-hybridized carbons (Fsp3) is 0.278. The van der Waals surface area contributed by atoms with Crippen LogP contribution in [-0.2, 0) is 11.3 Å². The highest BCUT2D eigenvalue weighted by molar-refractivity contribution is 8.00. The molecule has 0 bridgehead atoms. The number of thiophene rings is 1. The smallest absolute Gasteiger partial charge is 0.263 e. The summed E-state index contributed by atoms with van der Waals surface area (Å²) < 4.78 is 14.8. The molecule has 26 heavy (non-hydrogen) atoms. The van der Waals surface area contributed by atoms with Crippen molar-refractivity contribution in [1.82, 2.24) is 9.55 Å². The van der Waals surface area contributed by atoms with Crippen LogP contribution in [0.15, 0.2) is 34.2 Å². The molecule has 2 aromatic heterocycles. The van der Waals surface area contributed by atoms with E-state index in [1.54, 1.807) is 23.6 Å². The lowest BCUT2D eigenvalue weighted by atomic mass is 10.0. The molecule has 0 aliphatic heterocycles. The van der Waals surface area contributed by atoms with Crippen LogP contribution in [0.5, 0.6) is 0 Å². The van der Waals surface area contributed by atoms with Gasteiger partial charge in [-0.05, 0) is 38.5 Å². The van der Waals surface area contributed by atoms with E-state index in [1.165, 1.54) is 35.2 Å². The van der Waals surface area contributed by atoms with E-state index in [9.17, 15) is 14.0 Å². The number of hydrogen-bond acceptors (Lipinski definition) is 5. The molecular weight excluding hydrogens is 373 g/mol. The number of nitrogens with zero attached hydrogens (tertiary/aromatic N) is 2. The molecule has 2 N–H and O–H groups in total. The summed E-state index contributed by atoms with van der Waals surface area (Å²) in [5.41, 5.74) is 6.74. The molecule has 136 valence electrons. The van der Waals surface area contributed by atoms with Crippen molar-refractivity contribution in [2.75, 3.05) is 0 Å². The fourth-order valence-corrected chi connectivity index (χ4v) is 4.73. The summed E-state index contributed by atoms with van der Waals surface area (Å²) in [5.74, 6) is -0.782. The van der Waals surface area contributed by atoms with E-state index in [4.69, 9.17) is 5.73 Å². The van der Waals surface area contributed by atoms with Gasteiger partial charge in [-0.25, -0.2) is 9.37 Å². The van der Waals surface area contributed by atoms with Gasteiger partial charge in [0.1, 0.15) is 10.6 Å². The Morgan fingerprint density at radius 1 is 1.38 bits per heavy atom. The average molecular weight is 391 g/mol. The number of thioether (sulfide) groups is 1. The molecule has 5 nitrogen and oxygen atoms in total. The summed E-state index contributed by atoms with van der Waals surface area (Å²) in [7, 11) is 0. The number of hydrogen-bond donors (Lipinski definition) is 1. The second-order valence-electron chi connectivity index (χ2n) is 5.83. The highest BCUT2D eigenvalue weighted by Crippen LogP contribution is 2.36. The van der Waals surface area contributed by atoms with Gasteiger partial charge in [-0.2, -0.15) is 0 Å². The maximum absolute atomic E-state index is 13.3. The highest BCUT2D eigenvalue weighted by atomic mass is 32.2. The van der Waals surface area contributed by atoms with E-state index in [0.29, 0.717) is 21.9 Å². The molecule has 1 amide bonds. The van der Waals surface area contributed by atoms with Crippen molar-refractivity contribution in [3.8, 4) is 11.1 Å². The van der Waals surface area contributed by atoms with Crippen molar-refractivity contribution in [3.05, 3.63) is 45.3 Å². The summed E-state index contributed by atoms with van der Waals surface area (Å²) in [6.45, 7) is 5.88. The molecular formula is C18H18FN3O2S2. The maximum Gasteiger partial charge on any atom is 0.263 e. The predicted molar refractivity (Wildman–Crippen MR) is 104 cm³/mol. The van der Waals surface area contributed by atoms with Crippen LogP contribution >= 0.6 is 23.1 Å². The van der Waals surface area contributed by atoms with Gasteiger partial charge in [0.05, 0.1) is 10.6 Å². The second-order valence-corrected chi connectivity index (χ2v) is 8.34. The Bertz CT molecular complexity index is 1040. The molecule has 1 atom stereocenters. The number of halogens is 1. The zero-order valence-electron chi connectivity index (χ0n) is 14.6. The number of benzene rings is 1. The molecule has 8 heteroatoms. The largest absolute Gasteiger partial charge is 0.369 e. The van der Waals surface area contributed by atoms with Gasteiger partial charge >= 0.3 is 0 Å². The SMILES string of the molecule is CCn1c(S[C@H](C)C(N)=O)nc2sc(C)c(-c3ccc(F)cc3)c2c1=O. The van der Waals surface area contributed by atoms with Crippen LogP contribution in [0.1, 0.15) is 18.7 Å². The lowest BCUT2D eigenvalue weighted by Gasteiger charge is -2.12. The van der Waals surface area contributed by atoms with Gasteiger partial charge in [-0.1, -0.05) is 23.9 Å². The van der Waals surface area contributed by atoms with E-state index < -0.39 is 11.2 Å². The topological polar surface area (TPSA) is 78.0 Å². The summed E-state index contributed by atoms with van der Waals surface area (Å²) >= 11 is 2.59. The first-order chi connectivity index (χ1) is 12.3. The normalized spacial score (nSPS) is 12.5. The van der Waals surface area contributed by atoms with Crippen molar-refractivity contribution in [2.24, 2.45) is 5.73 Å². The molecule has 2 heterocycles. The van der Waals surface area contributed by atoms with Gasteiger partial charge < -0.3 is 5.73 Å². The molecule has 0 saturated carbocycles. The fourth-order valence-electron chi connectivity index (χ4n) is 2.73. The third-order valence-corrected chi connectivity index (χ3v) is 6.19. The number of rotatable bonds is 5. The Morgan fingerprint density at radius 3 is 2.62 bits per heavy atom. The Morgan fingerprint density at radius 2 is 2.04 bits per heavy atom. The van der Waals surface area contributed by atoms with Gasteiger partial charge in [0.15, 0.2) is 5.16 Å². The van der Waals surface area contributed by atoms with E-state index >= 15 is 0 Å². The van der Waals surface area contributed by atoms with E-state index in [1.807, 2.05) is 13.8 Å². The van der Waals surface area contributed by atoms with Gasteiger partial charge in [-0.15, -0.1) is 11.3 Å². The van der Waals surface area contributed by atoms with Gasteiger partial charge in [-0.3, -0.25) is 14.2 Å². The minimum Gasteiger partial charge on any atom is -0.369 e. The molecule has 3 aromatic rings. The third-order valence-electron chi connectivity index (χ3n) is 4.08. The first kappa shape index (κ1) is 18.6. The Kier molecular flexibility index (Phi) is 5.15. The highest BCUT2D eigenvalue weighted by Gasteiger charge is 2.21. The van der Waals surface area contributed by atoms with Crippen molar-refractivity contribution in [3.63, 3.8) is 0 Å². The van der Waals surface area contributed by atoms with Gasteiger partial charge in [0.25, 0.3) is 5.56 Å². The number of aryl methyl sites for hydroxylation is 1. The number of fused-ring (bicyclic) bond motifs is 1. The molecule has 0 unspecified atom stereocenters. The summed E-state index contributed by atoms with van der Waals surface area (Å²) in [4.78, 5) is 30.7. The number of carbonyl (C=O) groups excluding carboxylic acids is 1. The number of primary amides is 1. The van der Waals surface area contributed by atoms with Crippen LogP contribution in [-0.4, -0.2) is 20.7 Å². The molecule has 0 spiro atoms. The van der Waals surface area contributed by atoms with Crippen molar-refractivity contribution >= 4 is 39.2 Å². The molecule has 0 aliphatic carbocycles. The zero-order valence-corrected chi connectivity index (χ0v) is 16.2. The number of carbonyl (C=O) groups is 1. The van der Waals surface area contributed by atoms with Crippen LogP contribution in [0.25, 0.3) is 21.3 Å². The minimum absolute atomic E-state index is 0.166. The number of aromatic nitrogens is 2. The standard InChI is InChI=1S/C18H18FN3O2S2/c1-4-22-17(24)14-13(11-5-7-12(19)8-6-11)9(2)25-16(14)21-18(22)26-10(3)15(20)23/h5-8,10H,4H2,1-3H3,(H2,20,23)/t10-/m1/s1. The Labute approximate surface area is 158 Å². The van der Waals surface area contributed by atoms with Crippen LogP contribution < -0.4 is 11.3 Å². The third kappa shape index (κ3) is 3.26. The molecule has 0 fully saturated rings. The van der Waals surface area contributed by atoms with Crippen LogP contribution in [0.2, 0.25) is 0 Å². The van der Waals surface area contributed by atoms with E-state index in [0.717, 1.165) is 16.0 Å². The van der Waals surface area contributed by atoms with Gasteiger partial charge in [0.2, 0.25) is 5.91 Å². The summed E-state index contributed by atoms with van der Waals surface area (Å²) in [6, 6.07) is 6.08. The molecule has 3 rings (SSSR count). The lowest BCUT2D eigenvalue weighted by Crippen LogP contribution is -2.26. The van der Waals surface area contributed by atoms with Gasteiger partial charge in [0, 0.05) is 17.0 Å². The van der Waals surface area contributed by atoms with Crippen LogP contribution in [0.3, 0.4) is 0 Å². The molecule has 0 radical (unpaired) electrons. The van der Waals surface area contributed by atoms with Crippen LogP contribution in [0.4, 0.5) is 4.39 Å².